The molecule has 0 saturated carbocycles. The monoisotopic (exact) mass is 265 g/mol. The number of carbonyl (C=O) groups is 1. The highest BCUT2D eigenvalue weighted by Gasteiger charge is 2.23. The van der Waals surface area contributed by atoms with Gasteiger partial charge in [-0.05, 0) is 30.7 Å². The van der Waals surface area contributed by atoms with Crippen LogP contribution < -0.4 is 10.1 Å². The molecule has 19 heavy (non-hydrogen) atoms. The van der Waals surface area contributed by atoms with Gasteiger partial charge < -0.3 is 15.2 Å². The van der Waals surface area contributed by atoms with E-state index in [1.807, 2.05) is 0 Å². The van der Waals surface area contributed by atoms with Crippen LogP contribution in [0, 0.1) is 0 Å². The number of Topliss-reactive ketones (excluding diaryl/α,β-unsaturated/α-hetero) is 1. The lowest BCUT2D eigenvalue weighted by atomic mass is 9.84. The van der Waals surface area contributed by atoms with E-state index in [0.717, 1.165) is 11.3 Å². The molecule has 0 aliphatic carbocycles. The van der Waals surface area contributed by atoms with Crippen molar-refractivity contribution in [2.75, 3.05) is 20.7 Å². The van der Waals surface area contributed by atoms with E-state index in [1.165, 1.54) is 0 Å². The molecule has 0 fully saturated rings. The second-order valence-electron chi connectivity index (χ2n) is 5.60. The lowest BCUT2D eigenvalue weighted by Gasteiger charge is -2.23. The highest BCUT2D eigenvalue weighted by molar-refractivity contribution is 5.99. The van der Waals surface area contributed by atoms with Crippen molar-refractivity contribution < 1.29 is 14.6 Å². The molecule has 106 valence electrons. The van der Waals surface area contributed by atoms with Crippen molar-refractivity contribution in [2.24, 2.45) is 0 Å². The quantitative estimate of drug-likeness (QED) is 0.796. The molecule has 0 bridgehead atoms. The summed E-state index contributed by atoms with van der Waals surface area (Å²) in [5.41, 5.74) is 1.33. The molecule has 0 aliphatic rings. The van der Waals surface area contributed by atoms with Crippen LogP contribution in [0.25, 0.3) is 0 Å². The molecule has 0 radical (unpaired) electrons. The van der Waals surface area contributed by atoms with Gasteiger partial charge in [0, 0.05) is 17.7 Å². The van der Waals surface area contributed by atoms with Crippen molar-refractivity contribution in [3.8, 4) is 5.75 Å². The molecule has 1 rings (SSSR count). The zero-order chi connectivity index (χ0) is 14.6. The third kappa shape index (κ3) is 3.78. The van der Waals surface area contributed by atoms with Crippen molar-refractivity contribution in [3.63, 3.8) is 0 Å². The van der Waals surface area contributed by atoms with E-state index in [2.05, 4.69) is 26.1 Å². The van der Waals surface area contributed by atoms with Gasteiger partial charge in [0.05, 0.1) is 7.11 Å². The second kappa shape index (κ2) is 6.17. The molecule has 0 spiro atoms. The van der Waals surface area contributed by atoms with E-state index < -0.39 is 6.10 Å². The van der Waals surface area contributed by atoms with Crippen molar-refractivity contribution in [1.82, 2.24) is 5.32 Å². The maximum Gasteiger partial charge on any atom is 0.192 e. The second-order valence-corrected chi connectivity index (χ2v) is 5.60. The minimum absolute atomic E-state index is 0.129. The average molecular weight is 265 g/mol. The molecule has 0 amide bonds. The van der Waals surface area contributed by atoms with Gasteiger partial charge in [0.15, 0.2) is 5.78 Å². The molecule has 1 atom stereocenters. The van der Waals surface area contributed by atoms with Crippen LogP contribution in [0.3, 0.4) is 0 Å². The van der Waals surface area contributed by atoms with Gasteiger partial charge in [-0.25, -0.2) is 0 Å². The van der Waals surface area contributed by atoms with Crippen LogP contribution in [0.15, 0.2) is 18.2 Å². The average Bonchev–Trinajstić information content (AvgIpc) is 2.36. The number of nitrogens with one attached hydrogen (secondary N) is 1. The summed E-state index contributed by atoms with van der Waals surface area (Å²) >= 11 is 0. The minimum atomic E-state index is -1.02. The normalized spacial score (nSPS) is 13.2. The molecule has 0 aliphatic heterocycles. The molecule has 0 aromatic heterocycles. The van der Waals surface area contributed by atoms with Gasteiger partial charge in [-0.2, -0.15) is 0 Å². The van der Waals surface area contributed by atoms with Gasteiger partial charge in [0.2, 0.25) is 0 Å². The molecule has 0 saturated heterocycles. The summed E-state index contributed by atoms with van der Waals surface area (Å²) < 4.78 is 5.33. The van der Waals surface area contributed by atoms with Gasteiger partial charge >= 0.3 is 0 Å². The van der Waals surface area contributed by atoms with Crippen LogP contribution in [0.2, 0.25) is 0 Å². The van der Waals surface area contributed by atoms with E-state index in [4.69, 9.17) is 4.74 Å². The van der Waals surface area contributed by atoms with Gasteiger partial charge in [0.25, 0.3) is 0 Å². The number of methoxy groups -OCH3 is 1. The summed E-state index contributed by atoms with van der Waals surface area (Å²) in [4.78, 5) is 12.1. The number of carbonyl (C=O) groups excluding carboxylic acids is 1. The number of aliphatic hydroxyl groups is 1. The number of ketones is 1. The molecule has 2 N–H and O–H groups in total. The Hall–Kier alpha value is -1.39. The number of ether oxygens (including phenoxy) is 1. The van der Waals surface area contributed by atoms with Crippen molar-refractivity contribution in [1.29, 1.82) is 0 Å². The SMILES string of the molecule is CNCC(O)C(=O)c1ccc(OC)c(C(C)(C)C)c1. The summed E-state index contributed by atoms with van der Waals surface area (Å²) in [6.45, 7) is 6.42. The summed E-state index contributed by atoms with van der Waals surface area (Å²) in [5.74, 6) is 0.481. The van der Waals surface area contributed by atoms with E-state index >= 15 is 0 Å². The van der Waals surface area contributed by atoms with E-state index in [-0.39, 0.29) is 17.7 Å². The Morgan fingerprint density at radius 2 is 2.05 bits per heavy atom. The number of aliphatic hydroxyl groups excluding tert-OH is 1. The zero-order valence-electron chi connectivity index (χ0n) is 12.3. The molecule has 1 aromatic carbocycles. The number of benzene rings is 1. The Balaban J connectivity index is 3.15. The summed E-state index contributed by atoms with van der Waals surface area (Å²) in [5, 5.41) is 12.5. The standard InChI is InChI=1S/C15H23NO3/c1-15(2,3)11-8-10(6-7-13(11)19-5)14(18)12(17)9-16-4/h6-8,12,16-17H,9H2,1-5H3. The van der Waals surface area contributed by atoms with Gasteiger partial charge in [0.1, 0.15) is 11.9 Å². The Kier molecular flexibility index (Phi) is 5.09. The first kappa shape index (κ1) is 15.7. The van der Waals surface area contributed by atoms with E-state index in [9.17, 15) is 9.90 Å². The third-order valence-corrected chi connectivity index (χ3v) is 2.99. The van der Waals surface area contributed by atoms with Crippen LogP contribution in [0.1, 0.15) is 36.7 Å². The first-order chi connectivity index (χ1) is 8.81. The maximum absolute atomic E-state index is 12.1. The largest absolute Gasteiger partial charge is 0.496 e. The molecule has 1 unspecified atom stereocenters. The molecule has 0 heterocycles. The Labute approximate surface area is 114 Å². The van der Waals surface area contributed by atoms with Gasteiger partial charge in [-0.3, -0.25) is 4.79 Å². The zero-order valence-corrected chi connectivity index (χ0v) is 12.3. The van der Waals surface area contributed by atoms with Crippen molar-refractivity contribution in [2.45, 2.75) is 32.3 Å². The van der Waals surface area contributed by atoms with Crippen LogP contribution >= 0.6 is 0 Å². The molecular formula is C15H23NO3. The van der Waals surface area contributed by atoms with Gasteiger partial charge in [-0.1, -0.05) is 20.8 Å². The highest BCUT2D eigenvalue weighted by Crippen LogP contribution is 2.32. The predicted octanol–water partition coefficient (Wildman–Crippen LogP) is 1.76. The third-order valence-electron chi connectivity index (χ3n) is 2.99. The summed E-state index contributed by atoms with van der Waals surface area (Å²) in [7, 11) is 3.31. The van der Waals surface area contributed by atoms with Crippen LogP contribution in [0.4, 0.5) is 0 Å². The fraction of sp³-hybridized carbons (Fsp3) is 0.533. The number of hydrogen-bond acceptors (Lipinski definition) is 4. The first-order valence-electron chi connectivity index (χ1n) is 6.36. The molecule has 4 heteroatoms. The lowest BCUT2D eigenvalue weighted by molar-refractivity contribution is 0.0750. The fourth-order valence-electron chi connectivity index (χ4n) is 1.93. The molecular weight excluding hydrogens is 242 g/mol. The lowest BCUT2D eigenvalue weighted by Crippen LogP contribution is -2.31. The van der Waals surface area contributed by atoms with E-state index in [0.29, 0.717) is 5.56 Å². The van der Waals surface area contributed by atoms with Crippen molar-refractivity contribution >= 4 is 5.78 Å². The van der Waals surface area contributed by atoms with Crippen molar-refractivity contribution in [3.05, 3.63) is 29.3 Å². The van der Waals surface area contributed by atoms with Gasteiger partial charge in [-0.15, -0.1) is 0 Å². The molecule has 1 aromatic rings. The topological polar surface area (TPSA) is 58.6 Å². The Bertz CT molecular complexity index is 449. The predicted molar refractivity (Wildman–Crippen MR) is 76.0 cm³/mol. The van der Waals surface area contributed by atoms with Crippen LogP contribution in [-0.2, 0) is 5.41 Å². The number of likely N-dealkylation sites (N-methyl/N-ethyl adjacent to an activating group) is 1. The smallest absolute Gasteiger partial charge is 0.192 e. The number of hydrogen-bond donors (Lipinski definition) is 2. The van der Waals surface area contributed by atoms with E-state index in [1.54, 1.807) is 32.4 Å². The summed E-state index contributed by atoms with van der Waals surface area (Å²) in [6.07, 6.45) is -1.02. The molecule has 4 nitrogen and oxygen atoms in total. The summed E-state index contributed by atoms with van der Waals surface area (Å²) in [6, 6.07) is 5.27. The minimum Gasteiger partial charge on any atom is -0.496 e. The maximum atomic E-state index is 12.1. The van der Waals surface area contributed by atoms with Crippen LogP contribution in [-0.4, -0.2) is 37.7 Å². The highest BCUT2D eigenvalue weighted by atomic mass is 16.5. The Morgan fingerprint density at radius 1 is 1.42 bits per heavy atom. The number of rotatable bonds is 5. The van der Waals surface area contributed by atoms with Crippen LogP contribution in [0.5, 0.6) is 5.75 Å². The fourth-order valence-corrected chi connectivity index (χ4v) is 1.93. The first-order valence-corrected chi connectivity index (χ1v) is 6.36. The Morgan fingerprint density at radius 3 is 2.53 bits per heavy atom.